The van der Waals surface area contributed by atoms with Gasteiger partial charge in [0, 0.05) is 35.8 Å². The number of carbonyl (C=O) groups is 1. The fourth-order valence-corrected chi connectivity index (χ4v) is 3.60. The van der Waals surface area contributed by atoms with Crippen LogP contribution in [0, 0.1) is 12.7 Å². The van der Waals surface area contributed by atoms with Gasteiger partial charge in [-0.1, -0.05) is 0 Å². The number of hydrogen-bond acceptors (Lipinski definition) is 5. The van der Waals surface area contributed by atoms with Gasteiger partial charge in [0.1, 0.15) is 16.6 Å². The molecule has 8 heteroatoms. The molecule has 130 valence electrons. The van der Waals surface area contributed by atoms with Crippen molar-refractivity contribution in [3.63, 3.8) is 0 Å². The Bertz CT molecular complexity index is 1130. The van der Waals surface area contributed by atoms with Crippen molar-refractivity contribution < 1.29 is 9.18 Å². The topological polar surface area (TPSA) is 83.6 Å². The summed E-state index contributed by atoms with van der Waals surface area (Å²) in [5, 5.41) is 3.46. The molecule has 0 fully saturated rings. The first-order valence-corrected chi connectivity index (χ1v) is 8.67. The second-order valence-corrected chi connectivity index (χ2v) is 7.05. The molecule has 4 aromatic rings. The van der Waals surface area contributed by atoms with Crippen LogP contribution in [0.15, 0.2) is 36.8 Å². The highest BCUT2D eigenvalue weighted by atomic mass is 32.1. The number of nitrogens with one attached hydrogen (secondary N) is 2. The second kappa shape index (κ2) is 6.30. The molecule has 0 saturated heterocycles. The Hall–Kier alpha value is -3.13. The number of H-pyrrole nitrogens is 1. The summed E-state index contributed by atoms with van der Waals surface area (Å²) >= 11 is 1.54. The van der Waals surface area contributed by atoms with Crippen molar-refractivity contribution in [2.75, 3.05) is 5.32 Å². The quantitative estimate of drug-likeness (QED) is 0.570. The highest BCUT2D eigenvalue weighted by Gasteiger charge is 2.19. The van der Waals surface area contributed by atoms with Gasteiger partial charge in [0.2, 0.25) is 5.91 Å². The third kappa shape index (κ3) is 2.95. The maximum absolute atomic E-state index is 13.6. The number of amides is 1. The molecule has 4 rings (SSSR count). The lowest BCUT2D eigenvalue weighted by atomic mass is 10.1. The molecule has 0 aliphatic heterocycles. The number of aromatic nitrogens is 4. The van der Waals surface area contributed by atoms with Crippen LogP contribution in [0.5, 0.6) is 0 Å². The molecule has 0 unspecified atom stereocenters. The van der Waals surface area contributed by atoms with Crippen molar-refractivity contribution in [2.24, 2.45) is 0 Å². The Morgan fingerprint density at radius 3 is 2.81 bits per heavy atom. The highest BCUT2D eigenvalue weighted by Crippen LogP contribution is 2.39. The van der Waals surface area contributed by atoms with Crippen LogP contribution in [0.3, 0.4) is 0 Å². The summed E-state index contributed by atoms with van der Waals surface area (Å²) in [4.78, 5) is 28.5. The van der Waals surface area contributed by atoms with Crippen LogP contribution in [0.25, 0.3) is 32.9 Å². The molecule has 4 aromatic heterocycles. The molecule has 4 heterocycles. The lowest BCUT2D eigenvalue weighted by Crippen LogP contribution is -2.07. The van der Waals surface area contributed by atoms with Gasteiger partial charge in [0.15, 0.2) is 0 Å². The molecule has 26 heavy (non-hydrogen) atoms. The largest absolute Gasteiger partial charge is 0.353 e. The van der Waals surface area contributed by atoms with E-state index in [4.69, 9.17) is 0 Å². The van der Waals surface area contributed by atoms with Crippen molar-refractivity contribution >= 4 is 34.1 Å². The Morgan fingerprint density at radius 1 is 1.23 bits per heavy atom. The average molecular weight is 367 g/mol. The predicted octanol–water partition coefficient (Wildman–Crippen LogP) is 4.15. The van der Waals surface area contributed by atoms with E-state index in [1.165, 1.54) is 30.5 Å². The molecule has 0 spiro atoms. The summed E-state index contributed by atoms with van der Waals surface area (Å²) in [6.07, 6.45) is 4.59. The summed E-state index contributed by atoms with van der Waals surface area (Å²) in [5.74, 6) is -0.180. The average Bonchev–Trinajstić information content (AvgIpc) is 3.17. The van der Waals surface area contributed by atoms with Crippen LogP contribution < -0.4 is 5.32 Å². The van der Waals surface area contributed by atoms with Crippen LogP contribution >= 0.6 is 11.3 Å². The van der Waals surface area contributed by atoms with E-state index in [-0.39, 0.29) is 5.91 Å². The molecule has 1 amide bonds. The molecule has 0 saturated carbocycles. The van der Waals surface area contributed by atoms with Crippen LogP contribution in [-0.4, -0.2) is 25.8 Å². The minimum atomic E-state index is -0.416. The van der Waals surface area contributed by atoms with Gasteiger partial charge in [-0.05, 0) is 19.1 Å². The maximum Gasteiger partial charge on any atom is 0.222 e. The van der Waals surface area contributed by atoms with Crippen molar-refractivity contribution in [2.45, 2.75) is 13.8 Å². The number of carbonyl (C=O) groups excluding carboxylic acids is 1. The first kappa shape index (κ1) is 16.3. The molecule has 0 radical (unpaired) electrons. The summed E-state index contributed by atoms with van der Waals surface area (Å²) in [5.41, 5.74) is 3.58. The molecule has 0 bridgehead atoms. The van der Waals surface area contributed by atoms with Crippen LogP contribution in [0.4, 0.5) is 10.2 Å². The van der Waals surface area contributed by atoms with E-state index in [0.717, 1.165) is 26.7 Å². The lowest BCUT2D eigenvalue weighted by molar-refractivity contribution is -0.114. The zero-order chi connectivity index (χ0) is 18.3. The van der Waals surface area contributed by atoms with Gasteiger partial charge in [0.05, 0.1) is 28.5 Å². The van der Waals surface area contributed by atoms with Gasteiger partial charge in [-0.15, -0.1) is 11.3 Å². The number of nitrogens with zero attached hydrogens (tertiary/aromatic N) is 3. The number of hydrogen-bond donors (Lipinski definition) is 2. The van der Waals surface area contributed by atoms with Gasteiger partial charge < -0.3 is 10.3 Å². The summed E-state index contributed by atoms with van der Waals surface area (Å²) in [6, 6.07) is 4.98. The Balaban J connectivity index is 1.96. The van der Waals surface area contributed by atoms with E-state index in [9.17, 15) is 9.18 Å². The summed E-state index contributed by atoms with van der Waals surface area (Å²) in [7, 11) is 0. The number of thiazole rings is 1. The molecule has 6 nitrogen and oxygen atoms in total. The van der Waals surface area contributed by atoms with Crippen molar-refractivity contribution in [1.82, 2.24) is 19.9 Å². The van der Waals surface area contributed by atoms with Gasteiger partial charge in [-0.25, -0.2) is 14.4 Å². The zero-order valence-electron chi connectivity index (χ0n) is 14.0. The van der Waals surface area contributed by atoms with Gasteiger partial charge in [-0.3, -0.25) is 9.78 Å². The molecular formula is C18H14FN5OS. The molecular weight excluding hydrogens is 353 g/mol. The van der Waals surface area contributed by atoms with Gasteiger partial charge >= 0.3 is 0 Å². The number of anilines is 1. The molecule has 2 N–H and O–H groups in total. The zero-order valence-corrected chi connectivity index (χ0v) is 14.8. The normalized spacial score (nSPS) is 11.0. The van der Waals surface area contributed by atoms with Crippen LogP contribution in [0.1, 0.15) is 11.8 Å². The number of aryl methyl sites for hydroxylation is 1. The number of halogens is 1. The number of aromatic amines is 1. The van der Waals surface area contributed by atoms with E-state index < -0.39 is 5.82 Å². The molecule has 0 atom stereocenters. The van der Waals surface area contributed by atoms with Crippen molar-refractivity contribution in [3.05, 3.63) is 47.5 Å². The van der Waals surface area contributed by atoms with Crippen molar-refractivity contribution in [3.8, 4) is 21.8 Å². The fraction of sp³-hybridized carbons (Fsp3) is 0.111. The SMILES string of the molecule is CC(=O)Nc1cc(-c2[nH]c3cc(F)cnc3c2-c2ncc(C)s2)ccn1. The number of pyridine rings is 2. The summed E-state index contributed by atoms with van der Waals surface area (Å²) in [6.45, 7) is 3.40. The minimum absolute atomic E-state index is 0.203. The van der Waals surface area contributed by atoms with Gasteiger partial charge in [-0.2, -0.15) is 0 Å². The van der Waals surface area contributed by atoms with E-state index >= 15 is 0 Å². The van der Waals surface area contributed by atoms with Crippen LogP contribution in [0.2, 0.25) is 0 Å². The third-order valence-corrected chi connectivity index (χ3v) is 4.72. The summed E-state index contributed by atoms with van der Waals surface area (Å²) < 4.78 is 13.6. The third-order valence-electron chi connectivity index (χ3n) is 3.79. The first-order valence-electron chi connectivity index (χ1n) is 7.85. The highest BCUT2D eigenvalue weighted by molar-refractivity contribution is 7.15. The minimum Gasteiger partial charge on any atom is -0.353 e. The molecule has 0 aromatic carbocycles. The molecule has 0 aliphatic carbocycles. The smallest absolute Gasteiger partial charge is 0.222 e. The number of rotatable bonds is 3. The fourth-order valence-electron chi connectivity index (χ4n) is 2.78. The monoisotopic (exact) mass is 367 g/mol. The van der Waals surface area contributed by atoms with Crippen molar-refractivity contribution in [1.29, 1.82) is 0 Å². The van der Waals surface area contributed by atoms with E-state index in [2.05, 4.69) is 25.3 Å². The Kier molecular flexibility index (Phi) is 3.96. The lowest BCUT2D eigenvalue weighted by Gasteiger charge is -2.05. The Labute approximate surface area is 152 Å². The van der Waals surface area contributed by atoms with Gasteiger partial charge in [0.25, 0.3) is 0 Å². The van der Waals surface area contributed by atoms with E-state index in [0.29, 0.717) is 16.9 Å². The van der Waals surface area contributed by atoms with E-state index in [1.54, 1.807) is 18.5 Å². The first-order chi connectivity index (χ1) is 12.5. The van der Waals surface area contributed by atoms with Crippen LogP contribution in [-0.2, 0) is 4.79 Å². The Morgan fingerprint density at radius 2 is 2.08 bits per heavy atom. The van der Waals surface area contributed by atoms with E-state index in [1.807, 2.05) is 13.0 Å². The predicted molar refractivity (Wildman–Crippen MR) is 99.4 cm³/mol. The second-order valence-electron chi connectivity index (χ2n) is 5.81. The standard InChI is InChI=1S/C18H14FN5OS/c1-9-7-22-18(26-9)15-16(24-13-6-12(19)8-21-17(13)15)11-3-4-20-14(5-11)23-10(2)25/h3-8,24H,1-2H3,(H,20,23,25). The molecule has 0 aliphatic rings. The maximum atomic E-state index is 13.6. The number of fused-ring (bicyclic) bond motifs is 1.